The van der Waals surface area contributed by atoms with E-state index in [9.17, 15) is 0 Å². The SMILES string of the molecule is COc1ccc(CNc2cc(Cl)nc(C)n2)cc1OC. The fraction of sp³-hybridized carbons (Fsp3) is 0.286. The van der Waals surface area contributed by atoms with Gasteiger partial charge in [-0.25, -0.2) is 9.97 Å². The number of anilines is 1. The molecule has 0 unspecified atom stereocenters. The summed E-state index contributed by atoms with van der Waals surface area (Å²) in [6.45, 7) is 2.40. The summed E-state index contributed by atoms with van der Waals surface area (Å²) in [6, 6.07) is 7.44. The molecule has 5 nitrogen and oxygen atoms in total. The van der Waals surface area contributed by atoms with Gasteiger partial charge in [0, 0.05) is 12.6 Å². The predicted molar refractivity (Wildman–Crippen MR) is 78.7 cm³/mol. The number of aryl methyl sites for hydroxylation is 1. The minimum Gasteiger partial charge on any atom is -0.493 e. The molecule has 0 fully saturated rings. The van der Waals surface area contributed by atoms with Crippen molar-refractivity contribution >= 4 is 17.4 Å². The van der Waals surface area contributed by atoms with Gasteiger partial charge in [-0.3, -0.25) is 0 Å². The third-order valence-electron chi connectivity index (χ3n) is 2.73. The first-order chi connectivity index (χ1) is 9.62. The zero-order valence-electron chi connectivity index (χ0n) is 11.6. The lowest BCUT2D eigenvalue weighted by Gasteiger charge is -2.11. The molecule has 0 aliphatic heterocycles. The van der Waals surface area contributed by atoms with Crippen LogP contribution in [0.25, 0.3) is 0 Å². The van der Waals surface area contributed by atoms with Crippen LogP contribution in [0.15, 0.2) is 24.3 Å². The molecule has 1 aromatic carbocycles. The molecule has 0 aliphatic rings. The second kappa shape index (κ2) is 6.43. The molecule has 0 amide bonds. The highest BCUT2D eigenvalue weighted by atomic mass is 35.5. The topological polar surface area (TPSA) is 56.3 Å². The number of aromatic nitrogens is 2. The van der Waals surface area contributed by atoms with Crippen LogP contribution in [-0.2, 0) is 6.54 Å². The van der Waals surface area contributed by atoms with E-state index in [1.165, 1.54) is 0 Å². The van der Waals surface area contributed by atoms with Gasteiger partial charge in [-0.05, 0) is 24.6 Å². The normalized spacial score (nSPS) is 10.2. The average Bonchev–Trinajstić information content (AvgIpc) is 2.43. The van der Waals surface area contributed by atoms with Gasteiger partial charge >= 0.3 is 0 Å². The molecular formula is C14H16ClN3O2. The summed E-state index contributed by atoms with van der Waals surface area (Å²) >= 11 is 5.89. The maximum atomic E-state index is 5.89. The number of methoxy groups -OCH3 is 2. The molecule has 0 saturated carbocycles. The van der Waals surface area contributed by atoms with Gasteiger partial charge in [0.1, 0.15) is 16.8 Å². The molecule has 20 heavy (non-hydrogen) atoms. The Morgan fingerprint density at radius 2 is 1.85 bits per heavy atom. The standard InChI is InChI=1S/C14H16ClN3O2/c1-9-17-13(15)7-14(18-9)16-8-10-4-5-11(19-2)12(6-10)20-3/h4-7H,8H2,1-3H3,(H,16,17,18). The summed E-state index contributed by atoms with van der Waals surface area (Å²) in [4.78, 5) is 8.28. The molecule has 1 N–H and O–H groups in total. The predicted octanol–water partition coefficient (Wildman–Crippen LogP) is 3.07. The van der Waals surface area contributed by atoms with Gasteiger partial charge < -0.3 is 14.8 Å². The number of benzene rings is 1. The summed E-state index contributed by atoms with van der Waals surface area (Å²) in [6.07, 6.45) is 0. The number of hydrogen-bond acceptors (Lipinski definition) is 5. The Morgan fingerprint density at radius 1 is 1.10 bits per heavy atom. The molecule has 2 rings (SSSR count). The van der Waals surface area contributed by atoms with E-state index in [1.54, 1.807) is 27.2 Å². The van der Waals surface area contributed by atoms with Gasteiger partial charge in [0.25, 0.3) is 0 Å². The van der Waals surface area contributed by atoms with Crippen LogP contribution in [0.4, 0.5) is 5.82 Å². The zero-order chi connectivity index (χ0) is 14.5. The molecule has 106 valence electrons. The Labute approximate surface area is 122 Å². The number of rotatable bonds is 5. The van der Waals surface area contributed by atoms with E-state index in [4.69, 9.17) is 21.1 Å². The number of ether oxygens (including phenoxy) is 2. The molecule has 0 aliphatic carbocycles. The molecule has 0 spiro atoms. The zero-order valence-corrected chi connectivity index (χ0v) is 12.4. The summed E-state index contributed by atoms with van der Waals surface area (Å²) in [7, 11) is 3.23. The Morgan fingerprint density at radius 3 is 2.50 bits per heavy atom. The minimum absolute atomic E-state index is 0.423. The lowest BCUT2D eigenvalue weighted by Crippen LogP contribution is -2.03. The monoisotopic (exact) mass is 293 g/mol. The largest absolute Gasteiger partial charge is 0.493 e. The summed E-state index contributed by atoms with van der Waals surface area (Å²) in [5.74, 6) is 2.73. The van der Waals surface area contributed by atoms with Gasteiger partial charge in [-0.1, -0.05) is 17.7 Å². The summed E-state index contributed by atoms with van der Waals surface area (Å²) in [5, 5.41) is 3.62. The lowest BCUT2D eigenvalue weighted by molar-refractivity contribution is 0.354. The number of nitrogens with zero attached hydrogens (tertiary/aromatic N) is 2. The van der Waals surface area contributed by atoms with Gasteiger partial charge in [0.15, 0.2) is 11.5 Å². The van der Waals surface area contributed by atoms with E-state index in [0.29, 0.717) is 34.8 Å². The summed E-state index contributed by atoms with van der Waals surface area (Å²) in [5.41, 5.74) is 1.05. The molecule has 1 heterocycles. The lowest BCUT2D eigenvalue weighted by atomic mass is 10.2. The van der Waals surface area contributed by atoms with Crippen molar-refractivity contribution in [1.82, 2.24) is 9.97 Å². The fourth-order valence-corrected chi connectivity index (χ4v) is 2.03. The van der Waals surface area contributed by atoms with E-state index < -0.39 is 0 Å². The van der Waals surface area contributed by atoms with Crippen molar-refractivity contribution in [3.05, 3.63) is 40.8 Å². The van der Waals surface area contributed by atoms with Crippen LogP contribution in [0.2, 0.25) is 5.15 Å². The van der Waals surface area contributed by atoms with E-state index in [2.05, 4.69) is 15.3 Å². The van der Waals surface area contributed by atoms with Crippen molar-refractivity contribution in [3.8, 4) is 11.5 Å². The van der Waals surface area contributed by atoms with E-state index in [1.807, 2.05) is 18.2 Å². The number of halogens is 1. The maximum absolute atomic E-state index is 5.89. The average molecular weight is 294 g/mol. The quantitative estimate of drug-likeness (QED) is 0.859. The van der Waals surface area contributed by atoms with Crippen LogP contribution in [0.5, 0.6) is 11.5 Å². The molecule has 0 radical (unpaired) electrons. The smallest absolute Gasteiger partial charge is 0.161 e. The van der Waals surface area contributed by atoms with Crippen LogP contribution in [0.1, 0.15) is 11.4 Å². The molecule has 1 aromatic heterocycles. The second-order valence-corrected chi connectivity index (χ2v) is 4.55. The van der Waals surface area contributed by atoms with Gasteiger partial charge in [-0.2, -0.15) is 0 Å². The van der Waals surface area contributed by atoms with Gasteiger partial charge in [-0.15, -0.1) is 0 Å². The first kappa shape index (κ1) is 14.4. The van der Waals surface area contributed by atoms with Gasteiger partial charge in [0.05, 0.1) is 14.2 Å². The molecular weight excluding hydrogens is 278 g/mol. The maximum Gasteiger partial charge on any atom is 0.161 e. The third-order valence-corrected chi connectivity index (χ3v) is 2.92. The van der Waals surface area contributed by atoms with Crippen molar-refractivity contribution in [2.24, 2.45) is 0 Å². The third kappa shape index (κ3) is 3.51. The molecule has 6 heteroatoms. The Hall–Kier alpha value is -2.01. The number of hydrogen-bond donors (Lipinski definition) is 1. The van der Waals surface area contributed by atoms with Crippen LogP contribution in [-0.4, -0.2) is 24.2 Å². The van der Waals surface area contributed by atoms with E-state index in [-0.39, 0.29) is 0 Å². The van der Waals surface area contributed by atoms with Crippen LogP contribution >= 0.6 is 11.6 Å². The van der Waals surface area contributed by atoms with E-state index >= 15 is 0 Å². The van der Waals surface area contributed by atoms with Crippen LogP contribution in [0.3, 0.4) is 0 Å². The molecule has 0 saturated heterocycles. The van der Waals surface area contributed by atoms with Gasteiger partial charge in [0.2, 0.25) is 0 Å². The van der Waals surface area contributed by atoms with Crippen molar-refractivity contribution < 1.29 is 9.47 Å². The minimum atomic E-state index is 0.423. The highest BCUT2D eigenvalue weighted by Crippen LogP contribution is 2.27. The van der Waals surface area contributed by atoms with Crippen LogP contribution < -0.4 is 14.8 Å². The van der Waals surface area contributed by atoms with Crippen molar-refractivity contribution in [2.45, 2.75) is 13.5 Å². The number of nitrogens with one attached hydrogen (secondary N) is 1. The fourth-order valence-electron chi connectivity index (χ4n) is 1.81. The van der Waals surface area contributed by atoms with E-state index in [0.717, 1.165) is 5.56 Å². The summed E-state index contributed by atoms with van der Waals surface area (Å²) < 4.78 is 10.5. The first-order valence-corrected chi connectivity index (χ1v) is 6.46. The molecule has 2 aromatic rings. The van der Waals surface area contributed by atoms with Crippen molar-refractivity contribution in [2.75, 3.05) is 19.5 Å². The Kier molecular flexibility index (Phi) is 4.63. The van der Waals surface area contributed by atoms with Crippen LogP contribution in [0, 0.1) is 6.92 Å². The Balaban J connectivity index is 2.10. The highest BCUT2D eigenvalue weighted by Gasteiger charge is 2.05. The van der Waals surface area contributed by atoms with Crippen molar-refractivity contribution in [3.63, 3.8) is 0 Å². The molecule has 0 bridgehead atoms. The second-order valence-electron chi connectivity index (χ2n) is 4.17. The van der Waals surface area contributed by atoms with Crippen molar-refractivity contribution in [1.29, 1.82) is 0 Å². The Bertz CT molecular complexity index is 585. The highest BCUT2D eigenvalue weighted by molar-refractivity contribution is 6.29. The first-order valence-electron chi connectivity index (χ1n) is 6.08. The molecule has 0 atom stereocenters.